The number of hydrogen-bond acceptors (Lipinski definition) is 6. The van der Waals surface area contributed by atoms with Crippen LogP contribution in [0.2, 0.25) is 0 Å². The lowest BCUT2D eigenvalue weighted by Crippen LogP contribution is -2.23. The topological polar surface area (TPSA) is 98.5 Å². The average molecular weight is 450 g/mol. The Morgan fingerprint density at radius 2 is 1.74 bits per heavy atom. The lowest BCUT2D eigenvalue weighted by atomic mass is 10.0. The molecule has 1 N–H and O–H groups in total. The molecule has 0 aliphatic rings. The van der Waals surface area contributed by atoms with Gasteiger partial charge in [0.15, 0.2) is 5.65 Å². The zero-order chi connectivity index (χ0) is 23.7. The van der Waals surface area contributed by atoms with Crippen LogP contribution in [0.5, 0.6) is 0 Å². The fourth-order valence-electron chi connectivity index (χ4n) is 3.83. The van der Waals surface area contributed by atoms with E-state index in [2.05, 4.69) is 54.5 Å². The molecule has 1 amide bonds. The highest BCUT2D eigenvalue weighted by atomic mass is 16.1. The Kier molecular flexibility index (Phi) is 5.55. The second-order valence-corrected chi connectivity index (χ2v) is 8.19. The van der Waals surface area contributed by atoms with Gasteiger partial charge in [-0.3, -0.25) is 19.3 Å². The first-order valence-electron chi connectivity index (χ1n) is 10.9. The number of carbonyl (C=O) groups is 1. The predicted molar refractivity (Wildman–Crippen MR) is 130 cm³/mol. The van der Waals surface area contributed by atoms with E-state index in [1.54, 1.807) is 18.6 Å². The minimum absolute atomic E-state index is 0.198. The summed E-state index contributed by atoms with van der Waals surface area (Å²) in [7, 11) is 0. The molecule has 5 rings (SSSR count). The Morgan fingerprint density at radius 3 is 2.50 bits per heavy atom. The molecule has 34 heavy (non-hydrogen) atoms. The van der Waals surface area contributed by atoms with Gasteiger partial charge in [0.2, 0.25) is 0 Å². The number of carbonyl (C=O) groups excluding carboxylic acids is 1. The Labute approximate surface area is 196 Å². The largest absolute Gasteiger partial charge is 0.346 e. The second-order valence-electron chi connectivity index (χ2n) is 8.19. The lowest BCUT2D eigenvalue weighted by Gasteiger charge is -2.13. The van der Waals surface area contributed by atoms with Crippen molar-refractivity contribution >= 4 is 17.1 Å². The second kappa shape index (κ2) is 8.82. The monoisotopic (exact) mass is 449 g/mol. The number of fused-ring (bicyclic) bond motifs is 1. The number of nitrogens with one attached hydrogen (secondary N) is 1. The molecule has 0 saturated carbocycles. The first kappa shape index (κ1) is 21.4. The molecule has 0 aliphatic heterocycles. The average Bonchev–Trinajstić information content (AvgIpc) is 3.19. The third-order valence-corrected chi connectivity index (χ3v) is 5.59. The third kappa shape index (κ3) is 4.25. The van der Waals surface area contributed by atoms with Crippen LogP contribution >= 0.6 is 0 Å². The molecular formula is C26H23N7O. The van der Waals surface area contributed by atoms with E-state index in [-0.39, 0.29) is 12.5 Å². The Morgan fingerprint density at radius 1 is 0.912 bits per heavy atom. The lowest BCUT2D eigenvalue weighted by molar-refractivity contribution is 0.0950. The summed E-state index contributed by atoms with van der Waals surface area (Å²) in [5.41, 5.74) is 7.38. The molecule has 0 unspecified atom stereocenters. The van der Waals surface area contributed by atoms with Crippen LogP contribution in [-0.4, -0.2) is 35.4 Å². The van der Waals surface area contributed by atoms with Crippen LogP contribution in [0.1, 0.15) is 33.1 Å². The quantitative estimate of drug-likeness (QED) is 0.433. The molecule has 0 bridgehead atoms. The van der Waals surface area contributed by atoms with Gasteiger partial charge in [-0.2, -0.15) is 0 Å². The van der Waals surface area contributed by atoms with Gasteiger partial charge in [0.05, 0.1) is 30.3 Å². The summed E-state index contributed by atoms with van der Waals surface area (Å²) in [5, 5.41) is 2.96. The Bertz CT molecular complexity index is 1490. The Hall–Kier alpha value is -4.46. The third-order valence-electron chi connectivity index (χ3n) is 5.59. The van der Waals surface area contributed by atoms with Crippen molar-refractivity contribution in [2.24, 2.45) is 0 Å². The van der Waals surface area contributed by atoms with E-state index < -0.39 is 0 Å². The zero-order valence-corrected chi connectivity index (χ0v) is 19.1. The summed E-state index contributed by atoms with van der Waals surface area (Å²) in [6.45, 7) is 6.13. The number of amides is 1. The molecule has 0 aliphatic carbocycles. The fourth-order valence-corrected chi connectivity index (χ4v) is 3.83. The van der Waals surface area contributed by atoms with Crippen LogP contribution in [0.3, 0.4) is 0 Å². The molecular weight excluding hydrogens is 426 g/mol. The summed E-state index contributed by atoms with van der Waals surface area (Å²) in [6, 6.07) is 14.0. The SMILES string of the molecule is Cc1ccc(-c2cc(C(=O)NCc3cnc(C)cn3)cc(-n3c(C)nc4ncncc43)c2)cc1. The van der Waals surface area contributed by atoms with Crippen molar-refractivity contribution in [3.05, 3.63) is 95.7 Å². The number of benzene rings is 2. The molecule has 0 saturated heterocycles. The van der Waals surface area contributed by atoms with Gasteiger partial charge >= 0.3 is 0 Å². The van der Waals surface area contributed by atoms with Crippen LogP contribution in [0, 0.1) is 20.8 Å². The summed E-state index contributed by atoms with van der Waals surface area (Å²) in [4.78, 5) is 34.7. The van der Waals surface area contributed by atoms with Crippen molar-refractivity contribution in [3.63, 3.8) is 0 Å². The standard InChI is InChI=1S/C26H23N7O/c1-16-4-6-19(7-5-16)20-8-21(26(34)30-13-22-12-28-17(2)11-29-22)10-23(9-20)33-18(3)32-25-24(33)14-27-15-31-25/h4-12,14-15H,13H2,1-3H3,(H,30,34). The predicted octanol–water partition coefficient (Wildman–Crippen LogP) is 4.13. The fraction of sp³-hybridized carbons (Fsp3) is 0.154. The van der Waals surface area contributed by atoms with Gasteiger partial charge in [-0.15, -0.1) is 0 Å². The molecule has 5 aromatic rings. The van der Waals surface area contributed by atoms with E-state index in [1.165, 1.54) is 11.9 Å². The molecule has 0 atom stereocenters. The van der Waals surface area contributed by atoms with Crippen molar-refractivity contribution in [1.29, 1.82) is 0 Å². The maximum absolute atomic E-state index is 13.2. The summed E-state index contributed by atoms with van der Waals surface area (Å²) < 4.78 is 1.97. The van der Waals surface area contributed by atoms with Crippen LogP contribution < -0.4 is 5.32 Å². The van der Waals surface area contributed by atoms with Gasteiger partial charge < -0.3 is 5.32 Å². The number of aryl methyl sites for hydroxylation is 3. The van der Waals surface area contributed by atoms with Gasteiger partial charge in [0.25, 0.3) is 5.91 Å². The van der Waals surface area contributed by atoms with E-state index in [0.29, 0.717) is 16.9 Å². The first-order valence-corrected chi connectivity index (χ1v) is 10.9. The molecule has 3 aromatic heterocycles. The summed E-state index contributed by atoms with van der Waals surface area (Å²) >= 11 is 0. The number of rotatable bonds is 5. The Balaban J connectivity index is 1.57. The minimum atomic E-state index is -0.198. The van der Waals surface area contributed by atoms with Crippen LogP contribution in [-0.2, 0) is 6.54 Å². The highest BCUT2D eigenvalue weighted by Crippen LogP contribution is 2.27. The summed E-state index contributed by atoms with van der Waals surface area (Å²) in [6.07, 6.45) is 6.57. The number of aromatic nitrogens is 6. The van der Waals surface area contributed by atoms with E-state index in [4.69, 9.17) is 0 Å². The highest BCUT2D eigenvalue weighted by molar-refractivity contribution is 5.96. The van der Waals surface area contributed by atoms with Crippen LogP contribution in [0.4, 0.5) is 0 Å². The van der Waals surface area contributed by atoms with Crippen molar-refractivity contribution in [2.45, 2.75) is 27.3 Å². The molecule has 8 heteroatoms. The molecule has 0 fully saturated rings. The molecule has 2 aromatic carbocycles. The van der Waals surface area contributed by atoms with Crippen LogP contribution in [0.15, 0.2) is 67.4 Å². The van der Waals surface area contributed by atoms with E-state index in [9.17, 15) is 4.79 Å². The maximum Gasteiger partial charge on any atom is 0.251 e. The normalized spacial score (nSPS) is 11.0. The first-order chi connectivity index (χ1) is 16.5. The number of imidazole rings is 1. The van der Waals surface area contributed by atoms with Gasteiger partial charge in [0, 0.05) is 17.4 Å². The highest BCUT2D eigenvalue weighted by Gasteiger charge is 2.15. The van der Waals surface area contributed by atoms with Crippen molar-refractivity contribution < 1.29 is 4.79 Å². The maximum atomic E-state index is 13.2. The number of nitrogens with zero attached hydrogens (tertiary/aromatic N) is 6. The number of hydrogen-bond donors (Lipinski definition) is 1. The molecule has 0 radical (unpaired) electrons. The van der Waals surface area contributed by atoms with Crippen LogP contribution in [0.25, 0.3) is 28.0 Å². The van der Waals surface area contributed by atoms with Gasteiger partial charge in [0.1, 0.15) is 17.7 Å². The molecule has 8 nitrogen and oxygen atoms in total. The van der Waals surface area contributed by atoms with Crippen molar-refractivity contribution in [2.75, 3.05) is 0 Å². The molecule has 0 spiro atoms. The smallest absolute Gasteiger partial charge is 0.251 e. The van der Waals surface area contributed by atoms with E-state index in [1.807, 2.05) is 43.5 Å². The molecule has 168 valence electrons. The summed E-state index contributed by atoms with van der Waals surface area (Å²) in [5.74, 6) is 0.564. The van der Waals surface area contributed by atoms with Gasteiger partial charge in [-0.1, -0.05) is 29.8 Å². The molecule has 3 heterocycles. The van der Waals surface area contributed by atoms with Gasteiger partial charge in [-0.05, 0) is 50.1 Å². The van der Waals surface area contributed by atoms with E-state index >= 15 is 0 Å². The zero-order valence-electron chi connectivity index (χ0n) is 19.1. The van der Waals surface area contributed by atoms with Crippen molar-refractivity contribution in [3.8, 4) is 16.8 Å². The van der Waals surface area contributed by atoms with E-state index in [0.717, 1.165) is 33.8 Å². The van der Waals surface area contributed by atoms with Gasteiger partial charge in [-0.25, -0.2) is 15.0 Å². The van der Waals surface area contributed by atoms with Crippen molar-refractivity contribution in [1.82, 2.24) is 34.8 Å². The minimum Gasteiger partial charge on any atom is -0.346 e.